The third-order valence-corrected chi connectivity index (χ3v) is 11.4. The van der Waals surface area contributed by atoms with Crippen LogP contribution in [0.5, 0.6) is 0 Å². The van der Waals surface area contributed by atoms with Gasteiger partial charge in [-0.05, 0) is 79.3 Å². The average Bonchev–Trinajstić information content (AvgIpc) is 3.78. The number of benzene rings is 9. The van der Waals surface area contributed by atoms with E-state index >= 15 is 0 Å². The summed E-state index contributed by atoms with van der Waals surface area (Å²) >= 11 is 0. The molecule has 4 nitrogen and oxygen atoms in total. The first kappa shape index (κ1) is 30.1. The lowest BCUT2D eigenvalue weighted by Crippen LogP contribution is -2.01. The van der Waals surface area contributed by atoms with E-state index in [2.05, 4.69) is 150 Å². The lowest BCUT2D eigenvalue weighted by Gasteiger charge is -2.13. The van der Waals surface area contributed by atoms with E-state index < -0.39 is 0 Å². The van der Waals surface area contributed by atoms with Gasteiger partial charge in [-0.25, -0.2) is 15.0 Å². The maximum atomic E-state index is 5.16. The molecular formula is C51H30N4. The number of nitrogens with zero attached hydrogens (tertiary/aromatic N) is 4. The molecule has 2 heterocycles. The summed E-state index contributed by atoms with van der Waals surface area (Å²) in [4.78, 5) is 15.3. The normalized spacial score (nSPS) is 12.0. The maximum absolute atomic E-state index is 5.16. The zero-order valence-electron chi connectivity index (χ0n) is 29.6. The van der Waals surface area contributed by atoms with Crippen LogP contribution in [0.4, 0.5) is 0 Å². The summed E-state index contributed by atoms with van der Waals surface area (Å²) in [6.45, 7) is 0. The predicted octanol–water partition coefficient (Wildman–Crippen LogP) is 13.1. The molecule has 0 bridgehead atoms. The van der Waals surface area contributed by atoms with Crippen LogP contribution in [0.15, 0.2) is 182 Å². The molecule has 0 fully saturated rings. The number of aromatic nitrogens is 4. The topological polar surface area (TPSA) is 43.6 Å². The van der Waals surface area contributed by atoms with Gasteiger partial charge in [-0.1, -0.05) is 152 Å². The van der Waals surface area contributed by atoms with Gasteiger partial charge in [0.25, 0.3) is 0 Å². The molecule has 0 amide bonds. The van der Waals surface area contributed by atoms with Crippen LogP contribution in [-0.2, 0) is 0 Å². The van der Waals surface area contributed by atoms with Crippen LogP contribution in [0.1, 0.15) is 0 Å². The summed E-state index contributed by atoms with van der Waals surface area (Å²) < 4.78 is 2.46. The summed E-state index contributed by atoms with van der Waals surface area (Å²) in [5.74, 6) is 1.98. The molecule has 0 saturated carbocycles. The van der Waals surface area contributed by atoms with Crippen molar-refractivity contribution in [1.82, 2.24) is 19.5 Å². The molecular weight excluding hydrogens is 669 g/mol. The summed E-state index contributed by atoms with van der Waals surface area (Å²) in [6.07, 6.45) is 0. The van der Waals surface area contributed by atoms with Gasteiger partial charge in [-0.2, -0.15) is 0 Å². The molecule has 9 aromatic carbocycles. The highest BCUT2D eigenvalue weighted by Gasteiger charge is 2.27. The molecule has 0 atom stereocenters. The van der Waals surface area contributed by atoms with Gasteiger partial charge < -0.3 is 4.57 Å². The van der Waals surface area contributed by atoms with Crippen LogP contribution in [0.25, 0.3) is 116 Å². The smallest absolute Gasteiger partial charge is 0.164 e. The van der Waals surface area contributed by atoms with Gasteiger partial charge in [0, 0.05) is 38.7 Å². The lowest BCUT2D eigenvalue weighted by molar-refractivity contribution is 1.07. The second-order valence-electron chi connectivity index (χ2n) is 14.4. The standard InChI is InChI=1S/C51H30N4/c1-3-14-34(15-4-1)49-52-50(35-16-5-2-6-17-35)54-51(53-49)41-26-22-33-18-11-21-39-42-30-36(25-27-40(42)46(41)45(33)39)55-43-28-23-31-12-7-9-19-37(31)47(43)48-38-20-10-8-13-32(38)24-29-44(48)55/h1-30H. The molecule has 0 radical (unpaired) electrons. The molecule has 0 aliphatic heterocycles. The lowest BCUT2D eigenvalue weighted by atomic mass is 9.97. The molecule has 0 saturated heterocycles. The molecule has 4 heteroatoms. The number of hydrogen-bond acceptors (Lipinski definition) is 3. The SMILES string of the molecule is c1ccc(-c2nc(-c3ccccc3)nc(-c3ccc4cccc5c4c3-c3ccc(-n4c6ccc7ccccc7c6c6c7ccccc7ccc64)cc3-5)n2)cc1. The first-order chi connectivity index (χ1) is 27.3. The Kier molecular flexibility index (Phi) is 6.31. The van der Waals surface area contributed by atoms with Crippen molar-refractivity contribution in [3.63, 3.8) is 0 Å². The largest absolute Gasteiger partial charge is 0.309 e. The van der Waals surface area contributed by atoms with Crippen LogP contribution < -0.4 is 0 Å². The fraction of sp³-hybridized carbons (Fsp3) is 0. The van der Waals surface area contributed by atoms with E-state index in [-0.39, 0.29) is 0 Å². The maximum Gasteiger partial charge on any atom is 0.164 e. The van der Waals surface area contributed by atoms with Gasteiger partial charge in [0.2, 0.25) is 0 Å². The Bertz CT molecular complexity index is 3210. The Hall–Kier alpha value is -7.43. The van der Waals surface area contributed by atoms with Crippen molar-refractivity contribution < 1.29 is 0 Å². The molecule has 0 spiro atoms. The second kappa shape index (κ2) is 11.5. The number of hydrogen-bond donors (Lipinski definition) is 0. The second-order valence-corrected chi connectivity index (χ2v) is 14.4. The predicted molar refractivity (Wildman–Crippen MR) is 227 cm³/mol. The first-order valence-electron chi connectivity index (χ1n) is 18.7. The molecule has 0 N–H and O–H groups in total. The van der Waals surface area contributed by atoms with Crippen molar-refractivity contribution >= 4 is 54.1 Å². The molecule has 12 rings (SSSR count). The molecule has 2 aromatic heterocycles. The Balaban J connectivity index is 1.11. The van der Waals surface area contributed by atoms with Crippen LogP contribution >= 0.6 is 0 Å². The van der Waals surface area contributed by atoms with E-state index in [0.717, 1.165) is 27.9 Å². The fourth-order valence-electron chi connectivity index (χ4n) is 8.94. The number of rotatable bonds is 4. The highest BCUT2D eigenvalue weighted by molar-refractivity contribution is 6.28. The molecule has 1 aliphatic carbocycles. The van der Waals surface area contributed by atoms with Gasteiger partial charge >= 0.3 is 0 Å². The summed E-state index contributed by atoms with van der Waals surface area (Å²) in [5, 5.41) is 10.0. The van der Waals surface area contributed by atoms with Crippen LogP contribution in [-0.4, -0.2) is 19.5 Å². The Morgan fingerprint density at radius 1 is 0.327 bits per heavy atom. The van der Waals surface area contributed by atoms with Crippen LogP contribution in [0.2, 0.25) is 0 Å². The molecule has 254 valence electrons. The van der Waals surface area contributed by atoms with Gasteiger partial charge in [0.05, 0.1) is 11.0 Å². The quantitative estimate of drug-likeness (QED) is 0.184. The molecule has 55 heavy (non-hydrogen) atoms. The summed E-state index contributed by atoms with van der Waals surface area (Å²) in [7, 11) is 0. The number of fused-ring (bicyclic) bond motifs is 10. The van der Waals surface area contributed by atoms with E-state index in [9.17, 15) is 0 Å². The van der Waals surface area contributed by atoms with E-state index in [4.69, 9.17) is 15.0 Å². The van der Waals surface area contributed by atoms with E-state index in [1.54, 1.807) is 0 Å². The zero-order valence-corrected chi connectivity index (χ0v) is 29.6. The minimum atomic E-state index is 0.657. The Morgan fingerprint density at radius 3 is 1.49 bits per heavy atom. The van der Waals surface area contributed by atoms with Crippen LogP contribution in [0.3, 0.4) is 0 Å². The van der Waals surface area contributed by atoms with Crippen molar-refractivity contribution in [3.05, 3.63) is 182 Å². The van der Waals surface area contributed by atoms with Gasteiger partial charge in [-0.3, -0.25) is 0 Å². The van der Waals surface area contributed by atoms with Crippen molar-refractivity contribution in [3.8, 4) is 62.1 Å². The summed E-state index contributed by atoms with van der Waals surface area (Å²) in [6, 6.07) is 65.0. The molecule has 0 unspecified atom stereocenters. The highest BCUT2D eigenvalue weighted by atomic mass is 15.0. The van der Waals surface area contributed by atoms with E-state index in [1.807, 2.05) is 36.4 Å². The zero-order chi connectivity index (χ0) is 36.0. The monoisotopic (exact) mass is 698 g/mol. The fourth-order valence-corrected chi connectivity index (χ4v) is 8.94. The van der Waals surface area contributed by atoms with Crippen molar-refractivity contribution in [1.29, 1.82) is 0 Å². The van der Waals surface area contributed by atoms with Gasteiger partial charge in [0.15, 0.2) is 17.5 Å². The average molecular weight is 699 g/mol. The van der Waals surface area contributed by atoms with Crippen LogP contribution in [0, 0.1) is 0 Å². The van der Waals surface area contributed by atoms with Crippen molar-refractivity contribution in [2.45, 2.75) is 0 Å². The first-order valence-corrected chi connectivity index (χ1v) is 18.7. The Morgan fingerprint density at radius 2 is 0.855 bits per heavy atom. The van der Waals surface area contributed by atoms with Gasteiger partial charge in [0.1, 0.15) is 0 Å². The van der Waals surface area contributed by atoms with Gasteiger partial charge in [-0.15, -0.1) is 0 Å². The Labute approximate surface area is 316 Å². The minimum Gasteiger partial charge on any atom is -0.309 e. The van der Waals surface area contributed by atoms with E-state index in [1.165, 1.54) is 70.8 Å². The third kappa shape index (κ3) is 4.43. The van der Waals surface area contributed by atoms with Crippen molar-refractivity contribution in [2.75, 3.05) is 0 Å². The highest BCUT2D eigenvalue weighted by Crippen LogP contribution is 2.52. The minimum absolute atomic E-state index is 0.657. The van der Waals surface area contributed by atoms with Crippen molar-refractivity contribution in [2.24, 2.45) is 0 Å². The molecule has 1 aliphatic rings. The summed E-state index contributed by atoms with van der Waals surface area (Å²) in [5.41, 5.74) is 11.2. The third-order valence-electron chi connectivity index (χ3n) is 11.4. The van der Waals surface area contributed by atoms with E-state index in [0.29, 0.717) is 17.5 Å². The molecule has 11 aromatic rings.